The molecule has 3 nitrogen and oxygen atoms in total. The summed E-state index contributed by atoms with van der Waals surface area (Å²) in [6.45, 7) is 12.2. The molecule has 0 saturated carbocycles. The summed E-state index contributed by atoms with van der Waals surface area (Å²) in [6.07, 6.45) is 2.44. The first kappa shape index (κ1) is 16.6. The zero-order chi connectivity index (χ0) is 14.3. The summed E-state index contributed by atoms with van der Waals surface area (Å²) < 4.78 is 0. The number of aromatic nitrogens is 1. The van der Waals surface area contributed by atoms with Crippen LogP contribution in [0.15, 0.2) is 5.38 Å². The van der Waals surface area contributed by atoms with Crippen LogP contribution in [-0.2, 0) is 13.1 Å². The van der Waals surface area contributed by atoms with Crippen LogP contribution < -0.4 is 5.32 Å². The normalized spacial score (nSPS) is 12.0. The Hall–Kier alpha value is -0.450. The lowest BCUT2D eigenvalue weighted by Gasteiger charge is -2.31. The van der Waals surface area contributed by atoms with Crippen molar-refractivity contribution in [2.45, 2.75) is 59.7 Å². The Morgan fingerprint density at radius 3 is 2.53 bits per heavy atom. The molecule has 110 valence electrons. The average molecular weight is 283 g/mol. The van der Waals surface area contributed by atoms with E-state index in [1.807, 2.05) is 7.05 Å². The van der Waals surface area contributed by atoms with E-state index in [1.165, 1.54) is 23.5 Å². The largest absolute Gasteiger partial charge is 0.314 e. The first-order chi connectivity index (χ1) is 9.10. The van der Waals surface area contributed by atoms with E-state index in [2.05, 4.69) is 43.3 Å². The Morgan fingerprint density at radius 1 is 1.32 bits per heavy atom. The van der Waals surface area contributed by atoms with Crippen molar-refractivity contribution in [1.82, 2.24) is 15.2 Å². The van der Waals surface area contributed by atoms with Crippen molar-refractivity contribution in [2.24, 2.45) is 5.92 Å². The fourth-order valence-electron chi connectivity index (χ4n) is 2.48. The molecule has 0 bridgehead atoms. The zero-order valence-corrected chi connectivity index (χ0v) is 13.9. The summed E-state index contributed by atoms with van der Waals surface area (Å²) >= 11 is 1.76. The molecule has 0 aliphatic rings. The van der Waals surface area contributed by atoms with Crippen molar-refractivity contribution in [3.05, 3.63) is 16.1 Å². The monoisotopic (exact) mass is 283 g/mol. The molecule has 0 radical (unpaired) electrons. The van der Waals surface area contributed by atoms with Gasteiger partial charge in [0.05, 0.1) is 5.69 Å². The second-order valence-corrected chi connectivity index (χ2v) is 6.50. The fourth-order valence-corrected chi connectivity index (χ4v) is 3.28. The van der Waals surface area contributed by atoms with Gasteiger partial charge in [-0.3, -0.25) is 4.90 Å². The molecule has 1 rings (SSSR count). The molecule has 0 aliphatic heterocycles. The van der Waals surface area contributed by atoms with Crippen LogP contribution in [-0.4, -0.2) is 29.5 Å². The minimum atomic E-state index is 0.678. The smallest absolute Gasteiger partial charge is 0.107 e. The molecule has 0 fully saturated rings. The number of nitrogens with one attached hydrogen (secondary N) is 1. The van der Waals surface area contributed by atoms with Gasteiger partial charge in [0.25, 0.3) is 0 Å². The topological polar surface area (TPSA) is 28.2 Å². The van der Waals surface area contributed by atoms with Crippen molar-refractivity contribution >= 4 is 11.3 Å². The highest BCUT2D eigenvalue weighted by Crippen LogP contribution is 2.17. The minimum absolute atomic E-state index is 0.678. The third-order valence-electron chi connectivity index (χ3n) is 3.35. The van der Waals surface area contributed by atoms with Crippen LogP contribution in [0.2, 0.25) is 0 Å². The number of nitrogens with zero attached hydrogens (tertiary/aromatic N) is 2. The van der Waals surface area contributed by atoms with Crippen LogP contribution >= 0.6 is 11.3 Å². The minimum Gasteiger partial charge on any atom is -0.314 e. The summed E-state index contributed by atoms with van der Waals surface area (Å²) in [5, 5.41) is 6.56. The van der Waals surface area contributed by atoms with Gasteiger partial charge in [-0.25, -0.2) is 4.98 Å². The third kappa shape index (κ3) is 5.59. The van der Waals surface area contributed by atoms with E-state index >= 15 is 0 Å². The molecule has 1 N–H and O–H groups in total. The zero-order valence-electron chi connectivity index (χ0n) is 13.1. The van der Waals surface area contributed by atoms with Crippen LogP contribution in [0.3, 0.4) is 0 Å². The van der Waals surface area contributed by atoms with E-state index < -0.39 is 0 Å². The van der Waals surface area contributed by atoms with E-state index in [0.29, 0.717) is 12.0 Å². The molecule has 1 heterocycles. The lowest BCUT2D eigenvalue weighted by atomic mass is 10.1. The highest BCUT2D eigenvalue weighted by atomic mass is 32.1. The van der Waals surface area contributed by atoms with Crippen LogP contribution in [0.5, 0.6) is 0 Å². The summed E-state index contributed by atoms with van der Waals surface area (Å²) in [5.74, 6) is 0.705. The first-order valence-corrected chi connectivity index (χ1v) is 8.30. The summed E-state index contributed by atoms with van der Waals surface area (Å²) in [6, 6.07) is 0.678. The molecule has 1 aromatic heterocycles. The van der Waals surface area contributed by atoms with E-state index in [9.17, 15) is 0 Å². The van der Waals surface area contributed by atoms with E-state index in [1.54, 1.807) is 11.3 Å². The SMILES string of the molecule is CCC(CC)N(Cc1csc(CNC)n1)CC(C)C. The lowest BCUT2D eigenvalue weighted by Crippen LogP contribution is -2.36. The molecule has 19 heavy (non-hydrogen) atoms. The highest BCUT2D eigenvalue weighted by Gasteiger charge is 2.17. The second-order valence-electron chi connectivity index (χ2n) is 5.56. The number of hydrogen-bond donors (Lipinski definition) is 1. The van der Waals surface area contributed by atoms with Gasteiger partial charge in [-0.15, -0.1) is 11.3 Å². The summed E-state index contributed by atoms with van der Waals surface area (Å²) in [5.41, 5.74) is 1.22. The van der Waals surface area contributed by atoms with Crippen molar-refractivity contribution in [3.8, 4) is 0 Å². The van der Waals surface area contributed by atoms with E-state index in [-0.39, 0.29) is 0 Å². The van der Waals surface area contributed by atoms with Crippen molar-refractivity contribution < 1.29 is 0 Å². The van der Waals surface area contributed by atoms with Gasteiger partial charge in [0.1, 0.15) is 5.01 Å². The molecule has 0 atom stereocenters. The quantitative estimate of drug-likeness (QED) is 0.752. The number of rotatable bonds is 9. The number of thiazole rings is 1. The Morgan fingerprint density at radius 2 is 2.00 bits per heavy atom. The Labute approximate surface area is 122 Å². The molecular formula is C15H29N3S. The molecule has 0 saturated heterocycles. The van der Waals surface area contributed by atoms with Gasteiger partial charge in [0.2, 0.25) is 0 Å². The van der Waals surface area contributed by atoms with Crippen LogP contribution in [0.4, 0.5) is 0 Å². The van der Waals surface area contributed by atoms with Gasteiger partial charge in [0, 0.05) is 31.1 Å². The molecule has 0 unspecified atom stereocenters. The number of hydrogen-bond acceptors (Lipinski definition) is 4. The van der Waals surface area contributed by atoms with E-state index in [0.717, 1.165) is 19.6 Å². The molecular weight excluding hydrogens is 254 g/mol. The molecule has 0 amide bonds. The standard InChI is InChI=1S/C15H29N3S/c1-6-14(7-2)18(9-12(3)4)10-13-11-19-15(17-13)8-16-5/h11-12,14,16H,6-10H2,1-5H3. The van der Waals surface area contributed by atoms with Crippen LogP contribution in [0.1, 0.15) is 51.2 Å². The Balaban J connectivity index is 2.69. The lowest BCUT2D eigenvalue weighted by molar-refractivity contribution is 0.156. The predicted molar refractivity (Wildman–Crippen MR) is 84.5 cm³/mol. The highest BCUT2D eigenvalue weighted by molar-refractivity contribution is 7.09. The molecule has 0 aliphatic carbocycles. The van der Waals surface area contributed by atoms with Crippen molar-refractivity contribution in [1.29, 1.82) is 0 Å². The van der Waals surface area contributed by atoms with Crippen molar-refractivity contribution in [2.75, 3.05) is 13.6 Å². The fraction of sp³-hybridized carbons (Fsp3) is 0.800. The first-order valence-electron chi connectivity index (χ1n) is 7.42. The summed E-state index contributed by atoms with van der Waals surface area (Å²) in [7, 11) is 1.97. The van der Waals surface area contributed by atoms with Gasteiger partial charge in [-0.2, -0.15) is 0 Å². The van der Waals surface area contributed by atoms with Crippen LogP contribution in [0.25, 0.3) is 0 Å². The predicted octanol–water partition coefficient (Wildman–Crippen LogP) is 3.51. The van der Waals surface area contributed by atoms with Gasteiger partial charge < -0.3 is 5.32 Å². The maximum absolute atomic E-state index is 4.71. The van der Waals surface area contributed by atoms with Gasteiger partial charge in [-0.1, -0.05) is 27.7 Å². The summed E-state index contributed by atoms with van der Waals surface area (Å²) in [4.78, 5) is 7.31. The van der Waals surface area contributed by atoms with Gasteiger partial charge in [0.15, 0.2) is 0 Å². The molecule has 4 heteroatoms. The maximum atomic E-state index is 4.71. The van der Waals surface area contributed by atoms with Gasteiger partial charge in [-0.05, 0) is 25.8 Å². The Bertz CT molecular complexity index is 345. The average Bonchev–Trinajstić information content (AvgIpc) is 2.78. The third-order valence-corrected chi connectivity index (χ3v) is 4.25. The Kier molecular flexibility index (Phi) is 7.57. The molecule has 0 spiro atoms. The van der Waals surface area contributed by atoms with Crippen LogP contribution in [0, 0.1) is 5.92 Å². The maximum Gasteiger partial charge on any atom is 0.107 e. The van der Waals surface area contributed by atoms with E-state index in [4.69, 9.17) is 4.98 Å². The molecule has 0 aromatic carbocycles. The van der Waals surface area contributed by atoms with Crippen molar-refractivity contribution in [3.63, 3.8) is 0 Å². The molecule has 1 aromatic rings. The van der Waals surface area contributed by atoms with Gasteiger partial charge >= 0.3 is 0 Å². The second kappa shape index (κ2) is 8.67.